The van der Waals surface area contributed by atoms with Crippen molar-refractivity contribution < 1.29 is 37.6 Å². The summed E-state index contributed by atoms with van der Waals surface area (Å²) < 4.78 is 36.7. The largest absolute Gasteiger partial charge is 0.480 e. The molecule has 0 spiro atoms. The van der Waals surface area contributed by atoms with Crippen LogP contribution in [-0.4, -0.2) is 46.6 Å². The molecule has 0 bridgehead atoms. The highest BCUT2D eigenvalue weighted by molar-refractivity contribution is 5.94. The molecule has 0 aliphatic heterocycles. The molecule has 0 saturated heterocycles. The van der Waals surface area contributed by atoms with Crippen molar-refractivity contribution >= 4 is 23.5 Å². The molecule has 0 aliphatic carbocycles. The molecule has 1 aromatic rings. The first-order valence-electron chi connectivity index (χ1n) is 7.11. The Morgan fingerprint density at radius 2 is 1.77 bits per heavy atom. The van der Waals surface area contributed by atoms with Gasteiger partial charge in [-0.2, -0.15) is 13.2 Å². The van der Waals surface area contributed by atoms with E-state index in [4.69, 9.17) is 5.11 Å². The predicted molar refractivity (Wildman–Crippen MR) is 80.3 cm³/mol. The minimum absolute atomic E-state index is 0.0801. The lowest BCUT2D eigenvalue weighted by Gasteiger charge is -2.16. The summed E-state index contributed by atoms with van der Waals surface area (Å²) in [6.45, 7) is -0.264. The number of nitro groups is 1. The van der Waals surface area contributed by atoms with E-state index in [9.17, 15) is 37.7 Å². The van der Waals surface area contributed by atoms with Gasteiger partial charge in [-0.3, -0.25) is 19.7 Å². The van der Waals surface area contributed by atoms with Crippen LogP contribution in [0.5, 0.6) is 0 Å². The van der Waals surface area contributed by atoms with Gasteiger partial charge >= 0.3 is 12.1 Å². The van der Waals surface area contributed by atoms with Crippen LogP contribution >= 0.6 is 0 Å². The molecule has 26 heavy (non-hydrogen) atoms. The number of carbonyl (C=O) groups excluding carboxylic acids is 2. The first-order valence-corrected chi connectivity index (χ1v) is 7.11. The van der Waals surface area contributed by atoms with Gasteiger partial charge < -0.3 is 15.7 Å². The fourth-order valence-electron chi connectivity index (χ4n) is 1.82. The van der Waals surface area contributed by atoms with E-state index in [-0.39, 0.29) is 17.8 Å². The van der Waals surface area contributed by atoms with Gasteiger partial charge in [0, 0.05) is 30.7 Å². The quantitative estimate of drug-likeness (QED) is 0.460. The fourth-order valence-corrected chi connectivity index (χ4v) is 1.82. The van der Waals surface area contributed by atoms with Crippen molar-refractivity contribution in [2.24, 2.45) is 0 Å². The molecule has 1 unspecified atom stereocenters. The Morgan fingerprint density at radius 1 is 1.19 bits per heavy atom. The second-order valence-corrected chi connectivity index (χ2v) is 5.09. The average molecular weight is 377 g/mol. The number of hydrogen-bond acceptors (Lipinski definition) is 5. The highest BCUT2D eigenvalue weighted by atomic mass is 19.4. The number of carboxylic acid groups (broad SMARTS) is 1. The molecular formula is C14H14F3N3O6. The van der Waals surface area contributed by atoms with E-state index in [0.29, 0.717) is 0 Å². The Hall–Kier alpha value is -3.18. The van der Waals surface area contributed by atoms with Crippen molar-refractivity contribution in [3.05, 3.63) is 39.9 Å². The van der Waals surface area contributed by atoms with Crippen molar-refractivity contribution in [2.75, 3.05) is 6.54 Å². The normalized spacial score (nSPS) is 12.1. The molecule has 1 aromatic carbocycles. The summed E-state index contributed by atoms with van der Waals surface area (Å²) in [4.78, 5) is 43.9. The van der Waals surface area contributed by atoms with Crippen LogP contribution in [0, 0.1) is 10.1 Å². The maximum absolute atomic E-state index is 12.2. The molecule has 0 fully saturated rings. The number of benzene rings is 1. The first-order chi connectivity index (χ1) is 12.0. The summed E-state index contributed by atoms with van der Waals surface area (Å²) in [5.41, 5.74) is -0.137. The Labute approximate surface area is 144 Å². The van der Waals surface area contributed by atoms with Crippen LogP contribution < -0.4 is 10.6 Å². The standard InChI is InChI=1S/C14H14F3N3O6/c15-14(16,17)7-10(13(23)24)19-11(21)5-6-18-12(22)8-1-3-9(4-2-8)20(25)26/h1-4,10H,5-7H2,(H,18,22)(H,19,21)(H,23,24). The number of aliphatic carboxylic acids is 1. The van der Waals surface area contributed by atoms with Crippen molar-refractivity contribution in [1.82, 2.24) is 10.6 Å². The summed E-state index contributed by atoms with van der Waals surface area (Å²) in [5, 5.41) is 23.2. The van der Waals surface area contributed by atoms with Gasteiger partial charge in [-0.15, -0.1) is 0 Å². The number of amides is 2. The van der Waals surface area contributed by atoms with E-state index < -0.39 is 47.8 Å². The third-order valence-electron chi connectivity index (χ3n) is 3.05. The van der Waals surface area contributed by atoms with Gasteiger partial charge in [-0.05, 0) is 12.1 Å². The molecule has 1 atom stereocenters. The minimum atomic E-state index is -4.76. The van der Waals surface area contributed by atoms with Crippen LogP contribution in [-0.2, 0) is 9.59 Å². The molecule has 0 aliphatic rings. The molecule has 0 saturated carbocycles. The second-order valence-electron chi connectivity index (χ2n) is 5.09. The second kappa shape index (κ2) is 8.78. The van der Waals surface area contributed by atoms with Crippen molar-refractivity contribution in [3.63, 3.8) is 0 Å². The molecule has 9 nitrogen and oxygen atoms in total. The maximum Gasteiger partial charge on any atom is 0.391 e. The van der Waals surface area contributed by atoms with E-state index in [0.717, 1.165) is 12.1 Å². The number of nitro benzene ring substituents is 1. The Morgan fingerprint density at radius 3 is 2.23 bits per heavy atom. The minimum Gasteiger partial charge on any atom is -0.480 e. The number of alkyl halides is 3. The summed E-state index contributed by atoms with van der Waals surface area (Å²) in [5.74, 6) is -3.46. The van der Waals surface area contributed by atoms with Gasteiger partial charge in [-0.25, -0.2) is 4.79 Å². The SMILES string of the molecule is O=C(CCNC(=O)c1ccc([N+](=O)[O-])cc1)NC(CC(F)(F)F)C(=O)O. The third-order valence-corrected chi connectivity index (χ3v) is 3.05. The van der Waals surface area contributed by atoms with Gasteiger partial charge in [0.25, 0.3) is 11.6 Å². The number of halogens is 3. The summed E-state index contributed by atoms with van der Waals surface area (Å²) >= 11 is 0. The Balaban J connectivity index is 2.48. The van der Waals surface area contributed by atoms with Gasteiger partial charge in [0.15, 0.2) is 0 Å². The molecule has 3 N–H and O–H groups in total. The highest BCUT2D eigenvalue weighted by Gasteiger charge is 2.36. The molecule has 0 aromatic heterocycles. The molecule has 0 radical (unpaired) electrons. The first kappa shape index (κ1) is 20.9. The molecule has 1 rings (SSSR count). The zero-order chi connectivity index (χ0) is 19.9. The summed E-state index contributed by atoms with van der Waals surface area (Å²) in [6, 6.07) is 2.48. The molecular weight excluding hydrogens is 363 g/mol. The Bertz CT molecular complexity index is 690. The zero-order valence-electron chi connectivity index (χ0n) is 13.1. The van der Waals surface area contributed by atoms with E-state index in [1.807, 2.05) is 0 Å². The van der Waals surface area contributed by atoms with Crippen molar-refractivity contribution in [2.45, 2.75) is 25.1 Å². The molecule has 0 heterocycles. The number of nitrogens with zero attached hydrogens (tertiary/aromatic N) is 1. The van der Waals surface area contributed by atoms with E-state index in [1.54, 1.807) is 5.32 Å². The monoisotopic (exact) mass is 377 g/mol. The van der Waals surface area contributed by atoms with Crippen LogP contribution in [0.1, 0.15) is 23.2 Å². The van der Waals surface area contributed by atoms with Crippen molar-refractivity contribution in [3.8, 4) is 0 Å². The predicted octanol–water partition coefficient (Wildman–Crippen LogP) is 1.24. The number of hydrogen-bond donors (Lipinski definition) is 3. The van der Waals surface area contributed by atoms with Crippen LogP contribution in [0.25, 0.3) is 0 Å². The maximum atomic E-state index is 12.2. The topological polar surface area (TPSA) is 139 Å². The average Bonchev–Trinajstić information content (AvgIpc) is 2.52. The lowest BCUT2D eigenvalue weighted by Crippen LogP contribution is -2.44. The lowest BCUT2D eigenvalue weighted by molar-refractivity contribution is -0.384. The van der Waals surface area contributed by atoms with Gasteiger partial charge in [0.1, 0.15) is 6.04 Å². The van der Waals surface area contributed by atoms with E-state index in [2.05, 4.69) is 5.32 Å². The number of carbonyl (C=O) groups is 3. The van der Waals surface area contributed by atoms with Gasteiger partial charge in [0.2, 0.25) is 5.91 Å². The number of rotatable bonds is 8. The van der Waals surface area contributed by atoms with Crippen LogP contribution in [0.3, 0.4) is 0 Å². The molecule has 2 amide bonds. The third kappa shape index (κ3) is 7.15. The van der Waals surface area contributed by atoms with Crippen LogP contribution in [0.4, 0.5) is 18.9 Å². The molecule has 142 valence electrons. The van der Waals surface area contributed by atoms with Crippen molar-refractivity contribution in [1.29, 1.82) is 0 Å². The Kier molecular flexibility index (Phi) is 7.05. The number of nitrogens with one attached hydrogen (secondary N) is 2. The zero-order valence-corrected chi connectivity index (χ0v) is 13.1. The van der Waals surface area contributed by atoms with Gasteiger partial charge in [-0.1, -0.05) is 0 Å². The highest BCUT2D eigenvalue weighted by Crippen LogP contribution is 2.21. The van der Waals surface area contributed by atoms with Gasteiger partial charge in [0.05, 0.1) is 11.3 Å². The lowest BCUT2D eigenvalue weighted by atomic mass is 10.2. The number of carboxylic acids is 1. The van der Waals surface area contributed by atoms with Crippen LogP contribution in [0.2, 0.25) is 0 Å². The van der Waals surface area contributed by atoms with E-state index in [1.165, 1.54) is 12.1 Å². The van der Waals surface area contributed by atoms with Crippen LogP contribution in [0.15, 0.2) is 24.3 Å². The summed E-state index contributed by atoms with van der Waals surface area (Å²) in [7, 11) is 0. The molecule has 12 heteroatoms. The summed E-state index contributed by atoms with van der Waals surface area (Å²) in [6.07, 6.45) is -6.93. The number of non-ortho nitro benzene ring substituents is 1. The smallest absolute Gasteiger partial charge is 0.391 e. The fraction of sp³-hybridized carbons (Fsp3) is 0.357. The van der Waals surface area contributed by atoms with E-state index >= 15 is 0 Å².